The van der Waals surface area contributed by atoms with E-state index < -0.39 is 11.6 Å². The molecular formula is C13H10F2N4O2. The van der Waals surface area contributed by atoms with E-state index in [4.69, 9.17) is 0 Å². The van der Waals surface area contributed by atoms with E-state index in [-0.39, 0.29) is 41.8 Å². The van der Waals surface area contributed by atoms with E-state index in [2.05, 4.69) is 9.97 Å². The van der Waals surface area contributed by atoms with Crippen molar-refractivity contribution in [1.82, 2.24) is 14.9 Å². The Bertz CT molecular complexity index is 747. The van der Waals surface area contributed by atoms with E-state index in [1.54, 1.807) is 0 Å². The average Bonchev–Trinajstić information content (AvgIpc) is 2.45. The number of amides is 2. The highest BCUT2D eigenvalue weighted by molar-refractivity contribution is 6.02. The van der Waals surface area contributed by atoms with Crippen LogP contribution in [-0.4, -0.2) is 46.8 Å². The van der Waals surface area contributed by atoms with Crippen molar-refractivity contribution in [3.8, 4) is 0 Å². The highest BCUT2D eigenvalue weighted by Crippen LogP contribution is 2.19. The van der Waals surface area contributed by atoms with Crippen LogP contribution >= 0.6 is 0 Å². The van der Waals surface area contributed by atoms with Crippen LogP contribution in [0.1, 0.15) is 0 Å². The monoisotopic (exact) mass is 292 g/mol. The van der Waals surface area contributed by atoms with E-state index in [1.165, 1.54) is 18.1 Å². The molecule has 1 aliphatic rings. The number of benzene rings is 1. The van der Waals surface area contributed by atoms with Crippen molar-refractivity contribution in [2.24, 2.45) is 0 Å². The summed E-state index contributed by atoms with van der Waals surface area (Å²) in [5, 5.41) is 0. The minimum Gasteiger partial charge on any atom is -0.337 e. The summed E-state index contributed by atoms with van der Waals surface area (Å²) in [4.78, 5) is 33.9. The fourth-order valence-electron chi connectivity index (χ4n) is 2.05. The Morgan fingerprint density at radius 3 is 2.24 bits per heavy atom. The van der Waals surface area contributed by atoms with E-state index in [1.807, 2.05) is 0 Å². The summed E-state index contributed by atoms with van der Waals surface area (Å²) in [6.07, 6.45) is 1.32. The number of aromatic nitrogens is 2. The predicted octanol–water partition coefficient (Wildman–Crippen LogP) is 0.713. The molecule has 2 aromatic rings. The maximum absolute atomic E-state index is 13.2. The van der Waals surface area contributed by atoms with Gasteiger partial charge in [0, 0.05) is 19.2 Å². The maximum atomic E-state index is 13.2. The molecule has 0 saturated carbocycles. The van der Waals surface area contributed by atoms with Gasteiger partial charge in [-0.3, -0.25) is 19.5 Å². The maximum Gasteiger partial charge on any atom is 0.248 e. The molecule has 6 nitrogen and oxygen atoms in total. The fraction of sp³-hybridized carbons (Fsp3) is 0.231. The number of hydrogen-bond donors (Lipinski definition) is 0. The zero-order valence-electron chi connectivity index (χ0n) is 11.0. The van der Waals surface area contributed by atoms with Gasteiger partial charge in [0.2, 0.25) is 11.8 Å². The Labute approximate surface area is 118 Å². The standard InChI is InChI=1S/C13H10F2N4O2/c1-18-12(20)5-19(6-13(18)21)11-4-16-9-2-7(14)8(15)3-10(9)17-11/h2-4H,5-6H2,1H3. The van der Waals surface area contributed by atoms with E-state index in [0.717, 1.165) is 17.0 Å². The fourth-order valence-corrected chi connectivity index (χ4v) is 2.05. The topological polar surface area (TPSA) is 66.4 Å². The molecule has 1 aliphatic heterocycles. The molecule has 1 aromatic carbocycles. The summed E-state index contributed by atoms with van der Waals surface area (Å²) < 4.78 is 26.3. The number of carbonyl (C=O) groups excluding carboxylic acids is 2. The Morgan fingerprint density at radius 1 is 1.05 bits per heavy atom. The first-order chi connectivity index (χ1) is 9.95. The minimum absolute atomic E-state index is 0.0217. The number of likely N-dealkylation sites (N-methyl/N-ethyl adjacent to an activating group) is 1. The van der Waals surface area contributed by atoms with Crippen molar-refractivity contribution in [3.63, 3.8) is 0 Å². The third kappa shape index (κ3) is 2.28. The molecule has 108 valence electrons. The summed E-state index contributed by atoms with van der Waals surface area (Å²) in [5.41, 5.74) is 0.356. The molecule has 1 aromatic heterocycles. The Balaban J connectivity index is 1.99. The number of rotatable bonds is 1. The van der Waals surface area contributed by atoms with Crippen molar-refractivity contribution in [3.05, 3.63) is 30.0 Å². The summed E-state index contributed by atoms with van der Waals surface area (Å²) in [5.74, 6) is -2.49. The Hall–Kier alpha value is -2.64. The summed E-state index contributed by atoms with van der Waals surface area (Å²) in [6.45, 7) is -0.0434. The van der Waals surface area contributed by atoms with Gasteiger partial charge in [0.25, 0.3) is 0 Å². The van der Waals surface area contributed by atoms with Gasteiger partial charge in [-0.15, -0.1) is 0 Å². The van der Waals surface area contributed by atoms with Crippen molar-refractivity contribution < 1.29 is 18.4 Å². The second-order valence-electron chi connectivity index (χ2n) is 4.69. The molecular weight excluding hydrogens is 282 g/mol. The third-order valence-electron chi connectivity index (χ3n) is 3.30. The second-order valence-corrected chi connectivity index (χ2v) is 4.69. The van der Waals surface area contributed by atoms with Gasteiger partial charge in [0.1, 0.15) is 5.82 Å². The SMILES string of the molecule is CN1C(=O)CN(c2cnc3cc(F)c(F)cc3n2)CC1=O. The molecule has 0 radical (unpaired) electrons. The molecule has 0 N–H and O–H groups in total. The first kappa shape index (κ1) is 13.3. The van der Waals surface area contributed by atoms with Crippen LogP contribution in [0.2, 0.25) is 0 Å². The number of fused-ring (bicyclic) bond motifs is 1. The molecule has 0 bridgehead atoms. The lowest BCUT2D eigenvalue weighted by Crippen LogP contribution is -2.52. The smallest absolute Gasteiger partial charge is 0.248 e. The molecule has 0 aliphatic carbocycles. The molecule has 1 saturated heterocycles. The summed E-state index contributed by atoms with van der Waals surface area (Å²) in [7, 11) is 1.41. The normalized spacial score (nSPS) is 16.0. The number of anilines is 1. The van der Waals surface area contributed by atoms with Gasteiger partial charge in [-0.05, 0) is 0 Å². The van der Waals surface area contributed by atoms with E-state index in [0.29, 0.717) is 0 Å². The molecule has 2 heterocycles. The van der Waals surface area contributed by atoms with Gasteiger partial charge in [0.15, 0.2) is 11.6 Å². The average molecular weight is 292 g/mol. The van der Waals surface area contributed by atoms with Crippen LogP contribution in [0, 0.1) is 11.6 Å². The summed E-state index contributed by atoms with van der Waals surface area (Å²) in [6, 6.07) is 1.88. The molecule has 0 spiro atoms. The molecule has 0 unspecified atom stereocenters. The van der Waals surface area contributed by atoms with Gasteiger partial charge in [-0.25, -0.2) is 13.8 Å². The minimum atomic E-state index is -1.03. The van der Waals surface area contributed by atoms with Crippen molar-refractivity contribution in [1.29, 1.82) is 0 Å². The van der Waals surface area contributed by atoms with Gasteiger partial charge < -0.3 is 4.90 Å². The van der Waals surface area contributed by atoms with Crippen molar-refractivity contribution in [2.45, 2.75) is 0 Å². The van der Waals surface area contributed by atoms with Crippen molar-refractivity contribution >= 4 is 28.7 Å². The number of piperazine rings is 1. The lowest BCUT2D eigenvalue weighted by molar-refractivity contribution is -0.143. The highest BCUT2D eigenvalue weighted by atomic mass is 19.2. The number of imide groups is 1. The summed E-state index contributed by atoms with van der Waals surface area (Å²) >= 11 is 0. The first-order valence-electron chi connectivity index (χ1n) is 6.12. The molecule has 1 fully saturated rings. The molecule has 2 amide bonds. The molecule has 3 rings (SSSR count). The van der Waals surface area contributed by atoms with Crippen LogP contribution in [0.3, 0.4) is 0 Å². The van der Waals surface area contributed by atoms with Gasteiger partial charge >= 0.3 is 0 Å². The zero-order valence-corrected chi connectivity index (χ0v) is 11.0. The van der Waals surface area contributed by atoms with Crippen LogP contribution in [0.5, 0.6) is 0 Å². The van der Waals surface area contributed by atoms with Crippen LogP contribution in [-0.2, 0) is 9.59 Å². The third-order valence-corrected chi connectivity index (χ3v) is 3.30. The number of nitrogens with zero attached hydrogens (tertiary/aromatic N) is 4. The lowest BCUT2D eigenvalue weighted by atomic mass is 10.2. The quantitative estimate of drug-likeness (QED) is 0.724. The Kier molecular flexibility index (Phi) is 3.00. The predicted molar refractivity (Wildman–Crippen MR) is 69.4 cm³/mol. The van der Waals surface area contributed by atoms with Crippen LogP contribution in [0.4, 0.5) is 14.6 Å². The number of carbonyl (C=O) groups is 2. The second kappa shape index (κ2) is 4.72. The number of halogens is 2. The zero-order chi connectivity index (χ0) is 15.1. The van der Waals surface area contributed by atoms with Gasteiger partial charge in [0.05, 0.1) is 30.3 Å². The van der Waals surface area contributed by atoms with E-state index >= 15 is 0 Å². The molecule has 8 heteroatoms. The van der Waals surface area contributed by atoms with Gasteiger partial charge in [-0.2, -0.15) is 0 Å². The van der Waals surface area contributed by atoms with Gasteiger partial charge in [-0.1, -0.05) is 0 Å². The van der Waals surface area contributed by atoms with E-state index in [9.17, 15) is 18.4 Å². The first-order valence-corrected chi connectivity index (χ1v) is 6.12. The largest absolute Gasteiger partial charge is 0.337 e. The van der Waals surface area contributed by atoms with Crippen LogP contribution in [0.25, 0.3) is 11.0 Å². The molecule has 0 atom stereocenters. The lowest BCUT2D eigenvalue weighted by Gasteiger charge is -2.30. The highest BCUT2D eigenvalue weighted by Gasteiger charge is 2.29. The molecule has 21 heavy (non-hydrogen) atoms. The van der Waals surface area contributed by atoms with Crippen LogP contribution in [0.15, 0.2) is 18.3 Å². The number of hydrogen-bond acceptors (Lipinski definition) is 5. The van der Waals surface area contributed by atoms with Crippen molar-refractivity contribution in [2.75, 3.05) is 25.0 Å². The van der Waals surface area contributed by atoms with Crippen LogP contribution < -0.4 is 4.90 Å². The Morgan fingerprint density at radius 2 is 1.62 bits per heavy atom.